The molecule has 1 aromatic carbocycles. The summed E-state index contributed by atoms with van der Waals surface area (Å²) in [5, 5.41) is 12.3. The number of rotatable bonds is 3. The smallest absolute Gasteiger partial charge is 0.268 e. The molecule has 0 bridgehead atoms. The number of amides is 1. The summed E-state index contributed by atoms with van der Waals surface area (Å²) in [6.07, 6.45) is 1.81. The lowest BCUT2D eigenvalue weighted by atomic mass is 10.2. The summed E-state index contributed by atoms with van der Waals surface area (Å²) < 4.78 is 1.75. The van der Waals surface area contributed by atoms with Crippen LogP contribution in [0.15, 0.2) is 42.6 Å². The van der Waals surface area contributed by atoms with Crippen molar-refractivity contribution >= 4 is 5.91 Å². The zero-order chi connectivity index (χ0) is 12.3. The number of aryl methyl sites for hydroxylation is 1. The molecule has 17 heavy (non-hydrogen) atoms. The molecule has 0 saturated heterocycles. The molecule has 1 aromatic heterocycles. The van der Waals surface area contributed by atoms with Crippen LogP contribution in [0.1, 0.15) is 16.1 Å². The summed E-state index contributed by atoms with van der Waals surface area (Å²) in [6, 6.07) is 10.5. The lowest BCUT2D eigenvalue weighted by molar-refractivity contribution is 0.0942. The Bertz CT molecular complexity index is 532. The zero-order valence-electron chi connectivity index (χ0n) is 9.55. The second-order valence-corrected chi connectivity index (χ2v) is 3.82. The molecule has 0 radical (unpaired) electrons. The minimum atomic E-state index is -0.152. The number of para-hydroxylation sites is 1. The number of phenolic OH excluding ortho intramolecular Hbond substituents is 1. The van der Waals surface area contributed by atoms with Crippen molar-refractivity contribution in [2.75, 3.05) is 0 Å². The van der Waals surface area contributed by atoms with Gasteiger partial charge in [0, 0.05) is 25.4 Å². The molecule has 2 aromatic rings. The van der Waals surface area contributed by atoms with E-state index in [4.69, 9.17) is 0 Å². The Labute approximate surface area is 99.5 Å². The van der Waals surface area contributed by atoms with Crippen LogP contribution >= 0.6 is 0 Å². The molecule has 88 valence electrons. The molecule has 2 N–H and O–H groups in total. The average Bonchev–Trinajstić information content (AvgIpc) is 2.74. The topological polar surface area (TPSA) is 54.3 Å². The van der Waals surface area contributed by atoms with Gasteiger partial charge in [-0.1, -0.05) is 18.2 Å². The maximum Gasteiger partial charge on any atom is 0.268 e. The number of phenols is 1. The van der Waals surface area contributed by atoms with Crippen molar-refractivity contribution in [3.63, 3.8) is 0 Å². The first-order chi connectivity index (χ1) is 8.18. The Balaban J connectivity index is 2.02. The number of benzene rings is 1. The Hall–Kier alpha value is -2.23. The number of carbonyl (C=O) groups excluding carboxylic acids is 1. The Morgan fingerprint density at radius 3 is 2.71 bits per heavy atom. The molecule has 2 rings (SSSR count). The molecule has 0 saturated carbocycles. The fraction of sp³-hybridized carbons (Fsp3) is 0.154. The minimum absolute atomic E-state index is 0.152. The van der Waals surface area contributed by atoms with E-state index in [-0.39, 0.29) is 11.7 Å². The molecule has 1 heterocycles. The van der Waals surface area contributed by atoms with Crippen molar-refractivity contribution in [3.05, 3.63) is 53.9 Å². The largest absolute Gasteiger partial charge is 0.508 e. The highest BCUT2D eigenvalue weighted by molar-refractivity contribution is 5.92. The molecular formula is C13H14N2O2. The molecule has 0 aliphatic carbocycles. The van der Waals surface area contributed by atoms with E-state index in [1.165, 1.54) is 0 Å². The first kappa shape index (κ1) is 11.3. The first-order valence-corrected chi connectivity index (χ1v) is 5.35. The Kier molecular flexibility index (Phi) is 3.14. The summed E-state index contributed by atoms with van der Waals surface area (Å²) in [4.78, 5) is 11.8. The van der Waals surface area contributed by atoms with Gasteiger partial charge in [-0.05, 0) is 18.2 Å². The molecule has 0 aliphatic heterocycles. The van der Waals surface area contributed by atoms with Gasteiger partial charge in [-0.25, -0.2) is 0 Å². The summed E-state index contributed by atoms with van der Waals surface area (Å²) >= 11 is 0. The molecule has 4 nitrogen and oxygen atoms in total. The molecule has 0 fully saturated rings. The fourth-order valence-corrected chi connectivity index (χ4v) is 1.62. The van der Waals surface area contributed by atoms with Gasteiger partial charge in [0.2, 0.25) is 0 Å². The van der Waals surface area contributed by atoms with E-state index in [0.29, 0.717) is 17.8 Å². The number of aromatic nitrogens is 1. The first-order valence-electron chi connectivity index (χ1n) is 5.35. The van der Waals surface area contributed by atoms with Crippen molar-refractivity contribution < 1.29 is 9.90 Å². The fourth-order valence-electron chi connectivity index (χ4n) is 1.62. The average molecular weight is 230 g/mol. The third-order valence-electron chi connectivity index (χ3n) is 2.61. The normalized spacial score (nSPS) is 10.2. The molecule has 0 spiro atoms. The molecule has 0 atom stereocenters. The number of aromatic hydroxyl groups is 1. The molecule has 0 unspecified atom stereocenters. The second-order valence-electron chi connectivity index (χ2n) is 3.82. The van der Waals surface area contributed by atoms with Gasteiger partial charge in [-0.3, -0.25) is 4.79 Å². The summed E-state index contributed by atoms with van der Waals surface area (Å²) in [7, 11) is 1.81. The third-order valence-corrected chi connectivity index (χ3v) is 2.61. The van der Waals surface area contributed by atoms with Crippen LogP contribution in [0, 0.1) is 0 Å². The lowest BCUT2D eigenvalue weighted by Gasteiger charge is -2.07. The van der Waals surface area contributed by atoms with Crippen LogP contribution in [0.2, 0.25) is 0 Å². The van der Waals surface area contributed by atoms with Gasteiger partial charge < -0.3 is 15.0 Å². The van der Waals surface area contributed by atoms with Gasteiger partial charge in [0.1, 0.15) is 11.4 Å². The monoisotopic (exact) mass is 230 g/mol. The van der Waals surface area contributed by atoms with Crippen LogP contribution in [-0.2, 0) is 13.6 Å². The van der Waals surface area contributed by atoms with Crippen molar-refractivity contribution in [3.8, 4) is 5.75 Å². The van der Waals surface area contributed by atoms with Crippen LogP contribution in [0.5, 0.6) is 5.75 Å². The quantitative estimate of drug-likeness (QED) is 0.842. The molecular weight excluding hydrogens is 216 g/mol. The number of hydrogen-bond acceptors (Lipinski definition) is 2. The van der Waals surface area contributed by atoms with E-state index >= 15 is 0 Å². The second kappa shape index (κ2) is 4.74. The molecule has 1 amide bonds. The van der Waals surface area contributed by atoms with Gasteiger partial charge in [0.25, 0.3) is 5.91 Å². The van der Waals surface area contributed by atoms with Crippen molar-refractivity contribution in [1.82, 2.24) is 9.88 Å². The van der Waals surface area contributed by atoms with Crippen LogP contribution in [-0.4, -0.2) is 15.6 Å². The van der Waals surface area contributed by atoms with Gasteiger partial charge in [0.05, 0.1) is 0 Å². The van der Waals surface area contributed by atoms with Crippen molar-refractivity contribution in [1.29, 1.82) is 0 Å². The van der Waals surface area contributed by atoms with E-state index < -0.39 is 0 Å². The number of nitrogens with one attached hydrogen (secondary N) is 1. The molecule has 0 aliphatic rings. The van der Waals surface area contributed by atoms with E-state index in [0.717, 1.165) is 0 Å². The van der Waals surface area contributed by atoms with E-state index in [2.05, 4.69) is 5.32 Å². The van der Waals surface area contributed by atoms with Crippen molar-refractivity contribution in [2.24, 2.45) is 7.05 Å². The summed E-state index contributed by atoms with van der Waals surface area (Å²) in [5.74, 6) is 0.0421. The minimum Gasteiger partial charge on any atom is -0.508 e. The van der Waals surface area contributed by atoms with E-state index in [1.807, 2.05) is 25.4 Å². The van der Waals surface area contributed by atoms with Gasteiger partial charge in [-0.15, -0.1) is 0 Å². The SMILES string of the molecule is Cn1cccc1C(=O)NCc1ccccc1O. The van der Waals surface area contributed by atoms with Crippen LogP contribution in [0.4, 0.5) is 0 Å². The Morgan fingerprint density at radius 2 is 2.06 bits per heavy atom. The maximum atomic E-state index is 11.8. The standard InChI is InChI=1S/C13H14N2O2/c1-15-8-4-6-11(15)13(17)14-9-10-5-2-3-7-12(10)16/h2-8,16H,9H2,1H3,(H,14,17). The van der Waals surface area contributed by atoms with Gasteiger partial charge in [-0.2, -0.15) is 0 Å². The predicted octanol–water partition coefficient (Wildman–Crippen LogP) is 1.66. The summed E-state index contributed by atoms with van der Waals surface area (Å²) in [5.41, 5.74) is 1.30. The molecule has 4 heteroatoms. The van der Waals surface area contributed by atoms with E-state index in [9.17, 15) is 9.90 Å². The van der Waals surface area contributed by atoms with Gasteiger partial charge in [0.15, 0.2) is 0 Å². The number of nitrogens with zero attached hydrogens (tertiary/aromatic N) is 1. The highest BCUT2D eigenvalue weighted by Crippen LogP contribution is 2.15. The highest BCUT2D eigenvalue weighted by atomic mass is 16.3. The van der Waals surface area contributed by atoms with Crippen LogP contribution in [0.3, 0.4) is 0 Å². The van der Waals surface area contributed by atoms with Crippen LogP contribution in [0.25, 0.3) is 0 Å². The number of hydrogen-bond donors (Lipinski definition) is 2. The van der Waals surface area contributed by atoms with Gasteiger partial charge >= 0.3 is 0 Å². The van der Waals surface area contributed by atoms with E-state index in [1.54, 1.807) is 28.8 Å². The Morgan fingerprint density at radius 1 is 1.29 bits per heavy atom. The van der Waals surface area contributed by atoms with Crippen LogP contribution < -0.4 is 5.32 Å². The van der Waals surface area contributed by atoms with Crippen molar-refractivity contribution in [2.45, 2.75) is 6.54 Å². The lowest BCUT2D eigenvalue weighted by Crippen LogP contribution is -2.24. The highest BCUT2D eigenvalue weighted by Gasteiger charge is 2.08. The maximum absolute atomic E-state index is 11.8. The zero-order valence-corrected chi connectivity index (χ0v) is 9.55. The summed E-state index contributed by atoms with van der Waals surface area (Å²) in [6.45, 7) is 0.316. The third kappa shape index (κ3) is 2.47. The number of carbonyl (C=O) groups is 1. The predicted molar refractivity (Wildman–Crippen MR) is 64.7 cm³/mol.